The Kier molecular flexibility index (Phi) is 9.64. The number of dihydropyridines is 1. The van der Waals surface area contributed by atoms with E-state index in [9.17, 15) is 0 Å². The summed E-state index contributed by atoms with van der Waals surface area (Å²) in [5.41, 5.74) is 0. The smallest absolute Gasteiger partial charge is 0.103 e. The monoisotopic (exact) mass is 524 g/mol. The maximum Gasteiger partial charge on any atom is 0.103 e. The van der Waals surface area contributed by atoms with Crippen molar-refractivity contribution in [1.82, 2.24) is 31.1 Å². The summed E-state index contributed by atoms with van der Waals surface area (Å²) in [6.45, 7) is 4.56. The van der Waals surface area contributed by atoms with Crippen molar-refractivity contribution in [1.29, 1.82) is 0 Å². The molecule has 0 aromatic rings. The second-order valence-corrected chi connectivity index (χ2v) is 13.2. The van der Waals surface area contributed by atoms with Gasteiger partial charge in [-0.1, -0.05) is 12.2 Å². The van der Waals surface area contributed by atoms with Gasteiger partial charge in [0.05, 0.1) is 18.5 Å². The Labute approximate surface area is 232 Å². The normalized spacial score (nSPS) is 38.9. The fourth-order valence-electron chi connectivity index (χ4n) is 8.94. The van der Waals surface area contributed by atoms with Crippen LogP contribution in [0.5, 0.6) is 0 Å². The third kappa shape index (κ3) is 6.45. The highest BCUT2D eigenvalue weighted by molar-refractivity contribution is 5.18. The Hall–Kier alpha value is -1.08. The van der Waals surface area contributed by atoms with Crippen LogP contribution in [0, 0.1) is 11.8 Å². The Morgan fingerprint density at radius 2 is 1.08 bits per heavy atom. The number of nitrogens with one attached hydrogen (secondary N) is 4. The summed E-state index contributed by atoms with van der Waals surface area (Å²) in [6, 6.07) is 1.47. The van der Waals surface area contributed by atoms with Gasteiger partial charge < -0.3 is 20.9 Å². The fraction of sp³-hybridized carbons (Fsp3) is 0.875. The molecule has 4 N–H and O–H groups in total. The number of hydrogen-bond donors (Lipinski definition) is 4. The van der Waals surface area contributed by atoms with Crippen LogP contribution in [0.4, 0.5) is 0 Å². The van der Waals surface area contributed by atoms with Crippen molar-refractivity contribution < 1.29 is 0 Å². The third-order valence-corrected chi connectivity index (χ3v) is 10.9. The van der Waals surface area contributed by atoms with Gasteiger partial charge in [-0.05, 0) is 147 Å². The zero-order valence-electron chi connectivity index (χ0n) is 24.0. The predicted octanol–water partition coefficient (Wildman–Crippen LogP) is 5.01. The van der Waals surface area contributed by atoms with E-state index in [-0.39, 0.29) is 0 Å². The van der Waals surface area contributed by atoms with Crippen molar-refractivity contribution in [3.05, 3.63) is 24.0 Å². The Morgan fingerprint density at radius 1 is 0.553 bits per heavy atom. The van der Waals surface area contributed by atoms with E-state index in [0.717, 1.165) is 24.4 Å². The first-order chi connectivity index (χ1) is 18.9. The molecule has 214 valence electrons. The van der Waals surface area contributed by atoms with E-state index < -0.39 is 0 Å². The Bertz CT molecular complexity index is 745. The van der Waals surface area contributed by atoms with Crippen LogP contribution in [0.1, 0.15) is 109 Å². The number of piperidine rings is 3. The van der Waals surface area contributed by atoms with Crippen molar-refractivity contribution in [2.75, 3.05) is 26.2 Å². The third-order valence-electron chi connectivity index (χ3n) is 10.9. The van der Waals surface area contributed by atoms with Crippen molar-refractivity contribution >= 4 is 0 Å². The first-order valence-electron chi connectivity index (χ1n) is 16.7. The Morgan fingerprint density at radius 3 is 1.55 bits per heavy atom. The standard InChI is InChI=1S/C32H56N6/c1-5-21-33-29(9-1)37(30-10-2-6-22-34-30)27-17-13-25(14-18-27)26-15-19-28(20-16-26)38(31-11-3-7-23-35-31)32-12-4-8-24-36-32/h1,5,9,25-28,30-36H,2-4,6-8,10-24H2. The van der Waals surface area contributed by atoms with Gasteiger partial charge >= 0.3 is 0 Å². The molecule has 0 bridgehead atoms. The molecule has 3 atom stereocenters. The zero-order chi connectivity index (χ0) is 25.6. The summed E-state index contributed by atoms with van der Waals surface area (Å²) in [7, 11) is 0. The molecule has 6 heteroatoms. The largest absolute Gasteiger partial charge is 0.368 e. The molecule has 4 heterocycles. The second-order valence-electron chi connectivity index (χ2n) is 13.2. The highest BCUT2D eigenvalue weighted by atomic mass is 15.4. The minimum Gasteiger partial charge on any atom is -0.368 e. The van der Waals surface area contributed by atoms with Gasteiger partial charge in [-0.25, -0.2) is 0 Å². The first-order valence-corrected chi connectivity index (χ1v) is 16.7. The molecule has 5 fully saturated rings. The summed E-state index contributed by atoms with van der Waals surface area (Å²) >= 11 is 0. The van der Waals surface area contributed by atoms with Gasteiger partial charge in [0.2, 0.25) is 0 Å². The minimum atomic E-state index is 0.513. The van der Waals surface area contributed by atoms with E-state index in [4.69, 9.17) is 0 Å². The number of nitrogens with zero attached hydrogens (tertiary/aromatic N) is 2. The molecule has 38 heavy (non-hydrogen) atoms. The lowest BCUT2D eigenvalue weighted by molar-refractivity contribution is -0.0105. The molecule has 6 nitrogen and oxygen atoms in total. The number of hydrogen-bond acceptors (Lipinski definition) is 6. The van der Waals surface area contributed by atoms with Gasteiger partial charge in [0, 0.05) is 18.6 Å². The lowest BCUT2D eigenvalue weighted by Crippen LogP contribution is -2.62. The summed E-state index contributed by atoms with van der Waals surface area (Å²) in [5.74, 6) is 3.28. The molecule has 0 radical (unpaired) electrons. The molecule has 6 aliphatic rings. The molecule has 0 spiro atoms. The van der Waals surface area contributed by atoms with Crippen molar-refractivity contribution in [2.24, 2.45) is 11.8 Å². The quantitative estimate of drug-likeness (QED) is 0.376. The molecule has 3 saturated heterocycles. The molecule has 0 amide bonds. The van der Waals surface area contributed by atoms with Gasteiger partial charge in [0.15, 0.2) is 0 Å². The predicted molar refractivity (Wildman–Crippen MR) is 157 cm³/mol. The minimum absolute atomic E-state index is 0.513. The van der Waals surface area contributed by atoms with E-state index in [1.54, 1.807) is 0 Å². The van der Waals surface area contributed by atoms with E-state index in [2.05, 4.69) is 49.3 Å². The van der Waals surface area contributed by atoms with Crippen LogP contribution in [0.3, 0.4) is 0 Å². The molecule has 0 aromatic carbocycles. The van der Waals surface area contributed by atoms with Crippen LogP contribution in [-0.4, -0.2) is 66.6 Å². The van der Waals surface area contributed by atoms with Crippen LogP contribution >= 0.6 is 0 Å². The van der Waals surface area contributed by atoms with Crippen LogP contribution in [-0.2, 0) is 0 Å². The van der Waals surface area contributed by atoms with E-state index >= 15 is 0 Å². The van der Waals surface area contributed by atoms with E-state index in [1.807, 2.05) is 0 Å². The lowest BCUT2D eigenvalue weighted by atomic mass is 9.71. The highest BCUT2D eigenvalue weighted by Gasteiger charge is 2.39. The summed E-state index contributed by atoms with van der Waals surface area (Å²) in [5, 5.41) is 15.4. The Balaban J connectivity index is 1.04. The molecule has 6 rings (SSSR count). The lowest BCUT2D eigenvalue weighted by Gasteiger charge is -2.50. The maximum absolute atomic E-state index is 3.92. The summed E-state index contributed by atoms with van der Waals surface area (Å²) in [4.78, 5) is 5.71. The maximum atomic E-state index is 3.92. The molecule has 2 saturated carbocycles. The summed E-state index contributed by atoms with van der Waals surface area (Å²) in [6.07, 6.45) is 32.1. The molecule has 0 aromatic heterocycles. The zero-order valence-corrected chi connectivity index (χ0v) is 24.0. The van der Waals surface area contributed by atoms with Gasteiger partial charge in [-0.15, -0.1) is 0 Å². The van der Waals surface area contributed by atoms with Crippen molar-refractivity contribution in [3.63, 3.8) is 0 Å². The number of rotatable bonds is 7. The topological polar surface area (TPSA) is 54.6 Å². The summed E-state index contributed by atoms with van der Waals surface area (Å²) < 4.78 is 0. The van der Waals surface area contributed by atoms with Gasteiger partial charge in [-0.3, -0.25) is 10.2 Å². The average molecular weight is 525 g/mol. The van der Waals surface area contributed by atoms with Gasteiger partial charge in [0.25, 0.3) is 0 Å². The molecule has 4 aliphatic heterocycles. The first kappa shape index (κ1) is 27.1. The van der Waals surface area contributed by atoms with E-state index in [1.165, 1.54) is 135 Å². The SMILES string of the molecule is C1=CCNC(N(C2CCC(C3CCC(N(C4CCCCN4)C4CCCCN4)CC3)CC2)C2CCCCN2)=C1. The van der Waals surface area contributed by atoms with Crippen LogP contribution < -0.4 is 21.3 Å². The molecule has 3 unspecified atom stereocenters. The molecular weight excluding hydrogens is 468 g/mol. The van der Waals surface area contributed by atoms with Gasteiger partial charge in [0.1, 0.15) is 5.82 Å². The molecule has 2 aliphatic carbocycles. The van der Waals surface area contributed by atoms with Gasteiger partial charge in [-0.2, -0.15) is 0 Å². The highest BCUT2D eigenvalue weighted by Crippen LogP contribution is 2.42. The van der Waals surface area contributed by atoms with Crippen LogP contribution in [0.25, 0.3) is 0 Å². The second kappa shape index (κ2) is 13.5. The fourth-order valence-corrected chi connectivity index (χ4v) is 8.94. The van der Waals surface area contributed by atoms with Crippen molar-refractivity contribution in [2.45, 2.75) is 140 Å². The molecular formula is C32H56N6. The van der Waals surface area contributed by atoms with E-state index in [0.29, 0.717) is 24.5 Å². The van der Waals surface area contributed by atoms with Crippen LogP contribution in [0.15, 0.2) is 24.0 Å². The van der Waals surface area contributed by atoms with Crippen LogP contribution in [0.2, 0.25) is 0 Å². The average Bonchev–Trinajstić information content (AvgIpc) is 3.00. The number of allylic oxidation sites excluding steroid dienone is 2. The van der Waals surface area contributed by atoms with Crippen molar-refractivity contribution in [3.8, 4) is 0 Å².